The zero-order chi connectivity index (χ0) is 19.4. The van der Waals surface area contributed by atoms with Crippen molar-refractivity contribution in [2.45, 2.75) is 6.54 Å². The molecule has 1 amide bonds. The van der Waals surface area contributed by atoms with E-state index in [1.54, 1.807) is 43.5 Å². The lowest BCUT2D eigenvalue weighted by Crippen LogP contribution is -2.19. The number of halogens is 1. The minimum absolute atomic E-state index is 0.338. The van der Waals surface area contributed by atoms with Gasteiger partial charge in [0.05, 0.1) is 40.1 Å². The van der Waals surface area contributed by atoms with Crippen LogP contribution < -0.4 is 4.80 Å². The lowest BCUT2D eigenvalue weighted by molar-refractivity contribution is 0.0601. The van der Waals surface area contributed by atoms with Crippen LogP contribution >= 0.6 is 22.9 Å². The van der Waals surface area contributed by atoms with Gasteiger partial charge in [0, 0.05) is 13.7 Å². The summed E-state index contributed by atoms with van der Waals surface area (Å²) in [4.78, 5) is 29.2. The molecule has 27 heavy (non-hydrogen) atoms. The summed E-state index contributed by atoms with van der Waals surface area (Å²) in [6.07, 6.45) is 0. The first kappa shape index (κ1) is 19.3. The van der Waals surface area contributed by atoms with Crippen LogP contribution in [0.2, 0.25) is 5.02 Å². The first-order valence-electron chi connectivity index (χ1n) is 8.09. The minimum atomic E-state index is -0.425. The molecule has 0 N–H and O–H groups in total. The average Bonchev–Trinajstić information content (AvgIpc) is 3.01. The summed E-state index contributed by atoms with van der Waals surface area (Å²) >= 11 is 7.42. The number of aromatic nitrogens is 1. The van der Waals surface area contributed by atoms with Gasteiger partial charge in [-0.15, -0.1) is 0 Å². The van der Waals surface area contributed by atoms with Gasteiger partial charge in [-0.05, 0) is 30.3 Å². The predicted octanol–water partition coefficient (Wildman–Crippen LogP) is 3.53. The molecule has 0 fully saturated rings. The van der Waals surface area contributed by atoms with Crippen molar-refractivity contribution in [1.29, 1.82) is 0 Å². The van der Waals surface area contributed by atoms with Gasteiger partial charge in [0.2, 0.25) is 0 Å². The first-order valence-corrected chi connectivity index (χ1v) is 9.29. The van der Waals surface area contributed by atoms with Gasteiger partial charge in [-0.25, -0.2) is 4.79 Å². The van der Waals surface area contributed by atoms with Crippen LogP contribution in [0.4, 0.5) is 0 Å². The molecule has 3 rings (SSSR count). The predicted molar refractivity (Wildman–Crippen MR) is 104 cm³/mol. The molecule has 0 bridgehead atoms. The highest BCUT2D eigenvalue weighted by molar-refractivity contribution is 7.16. The van der Waals surface area contributed by atoms with Crippen molar-refractivity contribution < 1.29 is 19.1 Å². The van der Waals surface area contributed by atoms with Gasteiger partial charge in [-0.3, -0.25) is 4.79 Å². The quantitative estimate of drug-likeness (QED) is 0.610. The molecular weight excluding hydrogens is 388 g/mol. The van der Waals surface area contributed by atoms with Crippen molar-refractivity contribution in [1.82, 2.24) is 4.57 Å². The van der Waals surface area contributed by atoms with Crippen LogP contribution in [0.5, 0.6) is 0 Å². The van der Waals surface area contributed by atoms with E-state index in [0.717, 1.165) is 10.2 Å². The number of fused-ring (bicyclic) bond motifs is 1. The number of carbonyl (C=O) groups is 2. The van der Waals surface area contributed by atoms with Crippen molar-refractivity contribution in [3.63, 3.8) is 0 Å². The number of hydrogen-bond donors (Lipinski definition) is 0. The Hall–Kier alpha value is -2.48. The largest absolute Gasteiger partial charge is 0.465 e. The number of thiazole rings is 1. The average molecular weight is 405 g/mol. The number of hydrogen-bond acceptors (Lipinski definition) is 5. The highest BCUT2D eigenvalue weighted by Gasteiger charge is 2.13. The molecule has 140 valence electrons. The summed E-state index contributed by atoms with van der Waals surface area (Å²) < 4.78 is 12.6. The van der Waals surface area contributed by atoms with E-state index >= 15 is 0 Å². The van der Waals surface area contributed by atoms with Crippen LogP contribution in [0.3, 0.4) is 0 Å². The minimum Gasteiger partial charge on any atom is -0.465 e. The standard InChI is InChI=1S/C19H17ClN2O4S/c1-25-10-9-22-15-8-7-12(18(24)26-2)11-16(15)27-19(22)21-17(23)13-5-3-4-6-14(13)20/h3-8,11H,9-10H2,1-2H3. The fourth-order valence-corrected chi connectivity index (χ4v) is 3.89. The van der Waals surface area contributed by atoms with Crippen molar-refractivity contribution in [2.75, 3.05) is 20.8 Å². The van der Waals surface area contributed by atoms with Gasteiger partial charge in [0.1, 0.15) is 0 Å². The van der Waals surface area contributed by atoms with Crippen LogP contribution in [0.15, 0.2) is 47.5 Å². The summed E-state index contributed by atoms with van der Waals surface area (Å²) in [6.45, 7) is 0.973. The maximum absolute atomic E-state index is 12.6. The Morgan fingerprint density at radius 1 is 1.19 bits per heavy atom. The summed E-state index contributed by atoms with van der Waals surface area (Å²) in [7, 11) is 2.94. The van der Waals surface area contributed by atoms with E-state index in [1.165, 1.54) is 18.4 Å². The number of esters is 1. The van der Waals surface area contributed by atoms with E-state index in [9.17, 15) is 9.59 Å². The Morgan fingerprint density at radius 2 is 1.96 bits per heavy atom. The molecule has 0 saturated carbocycles. The Kier molecular flexibility index (Phi) is 6.05. The van der Waals surface area contributed by atoms with Crippen LogP contribution in [0.1, 0.15) is 20.7 Å². The monoisotopic (exact) mass is 404 g/mol. The third-order valence-corrected chi connectivity index (χ3v) is 5.30. The fraction of sp³-hybridized carbons (Fsp3) is 0.211. The molecule has 0 radical (unpaired) electrons. The number of nitrogens with zero attached hydrogens (tertiary/aromatic N) is 2. The number of rotatable bonds is 5. The van der Waals surface area contributed by atoms with Crippen LogP contribution in [0.25, 0.3) is 10.2 Å². The van der Waals surface area contributed by atoms with Gasteiger partial charge in [-0.2, -0.15) is 4.99 Å². The second-order valence-electron chi connectivity index (χ2n) is 5.60. The molecule has 0 saturated heterocycles. The summed E-state index contributed by atoms with van der Waals surface area (Å²) in [5.41, 5.74) is 1.63. The van der Waals surface area contributed by atoms with E-state index in [4.69, 9.17) is 21.1 Å². The SMILES string of the molecule is COCCn1c(=NC(=O)c2ccccc2Cl)sc2cc(C(=O)OC)ccc21. The Balaban J connectivity index is 2.13. The molecule has 0 aliphatic carbocycles. The second kappa shape index (κ2) is 8.47. The molecule has 6 nitrogen and oxygen atoms in total. The Bertz CT molecular complexity index is 1070. The van der Waals surface area contributed by atoms with Crippen molar-refractivity contribution in [3.05, 3.63) is 63.4 Å². The maximum Gasteiger partial charge on any atom is 0.337 e. The van der Waals surface area contributed by atoms with E-state index in [0.29, 0.717) is 34.1 Å². The molecule has 0 spiro atoms. The zero-order valence-electron chi connectivity index (χ0n) is 14.8. The third-order valence-electron chi connectivity index (χ3n) is 3.92. The third kappa shape index (κ3) is 4.10. The van der Waals surface area contributed by atoms with Crippen LogP contribution in [0, 0.1) is 0 Å². The topological polar surface area (TPSA) is 69.9 Å². The summed E-state index contributed by atoms with van der Waals surface area (Å²) in [5, 5.41) is 0.351. The zero-order valence-corrected chi connectivity index (χ0v) is 16.3. The molecule has 8 heteroatoms. The smallest absolute Gasteiger partial charge is 0.337 e. The van der Waals surface area contributed by atoms with Crippen molar-refractivity contribution in [2.24, 2.45) is 4.99 Å². The van der Waals surface area contributed by atoms with E-state index in [1.807, 2.05) is 10.6 Å². The van der Waals surface area contributed by atoms with Crippen LogP contribution in [-0.2, 0) is 16.0 Å². The number of benzene rings is 2. The normalized spacial score (nSPS) is 11.7. The molecule has 2 aromatic carbocycles. The Labute approximate surface area is 164 Å². The molecule has 0 atom stereocenters. The highest BCUT2D eigenvalue weighted by Crippen LogP contribution is 2.21. The fourth-order valence-electron chi connectivity index (χ4n) is 2.58. The second-order valence-corrected chi connectivity index (χ2v) is 7.02. The van der Waals surface area contributed by atoms with Gasteiger partial charge in [-0.1, -0.05) is 35.1 Å². The molecule has 0 aliphatic heterocycles. The van der Waals surface area contributed by atoms with Gasteiger partial charge >= 0.3 is 5.97 Å². The summed E-state index contributed by atoms with van der Waals surface area (Å²) in [6, 6.07) is 12.0. The van der Waals surface area contributed by atoms with Crippen LogP contribution in [-0.4, -0.2) is 37.3 Å². The van der Waals surface area contributed by atoms with Crippen molar-refractivity contribution >= 4 is 45.0 Å². The number of ether oxygens (including phenoxy) is 2. The molecule has 3 aromatic rings. The first-order chi connectivity index (χ1) is 13.0. The molecular formula is C19H17ClN2O4S. The lowest BCUT2D eigenvalue weighted by atomic mass is 10.2. The van der Waals surface area contributed by atoms with Gasteiger partial charge < -0.3 is 14.0 Å². The summed E-state index contributed by atoms with van der Waals surface area (Å²) in [5.74, 6) is -0.842. The molecule has 1 aromatic heterocycles. The Morgan fingerprint density at radius 3 is 2.67 bits per heavy atom. The number of methoxy groups -OCH3 is 2. The number of carbonyl (C=O) groups excluding carboxylic acids is 2. The van der Waals surface area contributed by atoms with E-state index in [-0.39, 0.29) is 0 Å². The van der Waals surface area contributed by atoms with Gasteiger partial charge in [0.15, 0.2) is 4.80 Å². The van der Waals surface area contributed by atoms with E-state index < -0.39 is 11.9 Å². The molecule has 0 aliphatic rings. The maximum atomic E-state index is 12.6. The van der Waals surface area contributed by atoms with E-state index in [2.05, 4.69) is 4.99 Å². The molecule has 1 heterocycles. The molecule has 0 unspecified atom stereocenters. The number of amides is 1. The lowest BCUT2D eigenvalue weighted by Gasteiger charge is -2.05. The van der Waals surface area contributed by atoms with Crippen molar-refractivity contribution in [3.8, 4) is 0 Å². The highest BCUT2D eigenvalue weighted by atomic mass is 35.5. The van der Waals surface area contributed by atoms with Gasteiger partial charge in [0.25, 0.3) is 5.91 Å².